The van der Waals surface area contributed by atoms with Crippen molar-refractivity contribution >= 4 is 26.1 Å². The molecule has 1 aliphatic rings. The fraction of sp³-hybridized carbons (Fsp3) is 0.400. The molecule has 0 N–H and O–H groups in total. The van der Waals surface area contributed by atoms with Gasteiger partial charge < -0.3 is 4.43 Å². The van der Waals surface area contributed by atoms with E-state index >= 15 is 0 Å². The molecule has 0 aliphatic carbocycles. The predicted octanol–water partition coefficient (Wildman–Crippen LogP) is 0.251. The van der Waals surface area contributed by atoms with E-state index in [-0.39, 0.29) is 26.1 Å². The molecule has 1 heterocycles. The highest BCUT2D eigenvalue weighted by molar-refractivity contribution is 7.35. The van der Waals surface area contributed by atoms with Crippen LogP contribution in [0.5, 0.6) is 0 Å². The molecular weight excluding hydrogens is 220 g/mol. The summed E-state index contributed by atoms with van der Waals surface area (Å²) in [5.41, 5.74) is 2.51. The molecule has 2 rings (SSSR count). The number of benzene rings is 1. The average Bonchev–Trinajstić information content (AvgIpc) is 2.30. The van der Waals surface area contributed by atoms with Gasteiger partial charge in [-0.1, -0.05) is 37.3 Å². The summed E-state index contributed by atoms with van der Waals surface area (Å²) >= 11 is 0. The molecule has 14 heavy (non-hydrogen) atoms. The maximum absolute atomic E-state index is 5.62. The first kappa shape index (κ1) is 10.4. The molecule has 1 saturated heterocycles. The Balaban J connectivity index is 2.03. The lowest BCUT2D eigenvalue weighted by atomic mass is 10.2. The van der Waals surface area contributed by atoms with E-state index in [2.05, 4.69) is 37.3 Å². The van der Waals surface area contributed by atoms with Gasteiger partial charge in [-0.05, 0) is 17.1 Å². The van der Waals surface area contributed by atoms with E-state index in [9.17, 15) is 0 Å². The highest BCUT2D eigenvalue weighted by Gasteiger charge is 2.23. The zero-order chi connectivity index (χ0) is 9.80. The van der Waals surface area contributed by atoms with Gasteiger partial charge in [0.15, 0.2) is 0 Å². The van der Waals surface area contributed by atoms with Crippen LogP contribution >= 0.6 is 0 Å². The minimum absolute atomic E-state index is 0.0140. The van der Waals surface area contributed by atoms with E-state index in [1.807, 2.05) is 0 Å². The van der Waals surface area contributed by atoms with Crippen LogP contribution in [0.2, 0.25) is 6.04 Å². The third kappa shape index (κ3) is 2.44. The molecule has 76 valence electrons. The first-order valence-corrected chi connectivity index (χ1v) is 14.8. The van der Waals surface area contributed by atoms with E-state index < -0.39 is 0 Å². The van der Waals surface area contributed by atoms with Gasteiger partial charge in [0.25, 0.3) is 0 Å². The topological polar surface area (TPSA) is 9.23 Å². The van der Waals surface area contributed by atoms with Gasteiger partial charge in [0, 0.05) is 23.5 Å². The van der Waals surface area contributed by atoms with Crippen molar-refractivity contribution < 1.29 is 4.43 Å². The molecule has 1 aliphatic heterocycles. The summed E-state index contributed by atoms with van der Waals surface area (Å²) < 4.78 is 5.62. The molecule has 1 nitrogen and oxygen atoms in total. The van der Waals surface area contributed by atoms with Crippen LogP contribution in [0.15, 0.2) is 30.3 Å². The quantitative estimate of drug-likeness (QED) is 0.671. The van der Waals surface area contributed by atoms with Crippen LogP contribution in [0.3, 0.4) is 0 Å². The number of hydrogen-bond acceptors (Lipinski definition) is 1. The van der Waals surface area contributed by atoms with Crippen molar-refractivity contribution in [3.8, 4) is 0 Å². The Morgan fingerprint density at radius 1 is 1.36 bits per heavy atom. The first-order chi connectivity index (χ1) is 6.88. The Labute approximate surface area is 91.8 Å². The van der Waals surface area contributed by atoms with Gasteiger partial charge in [0.1, 0.15) is 9.28 Å². The van der Waals surface area contributed by atoms with Gasteiger partial charge in [-0.2, -0.15) is 0 Å². The lowest BCUT2D eigenvalue weighted by Crippen LogP contribution is -2.39. The van der Waals surface area contributed by atoms with Gasteiger partial charge in [-0.15, -0.1) is 0 Å². The van der Waals surface area contributed by atoms with Gasteiger partial charge in [-0.25, -0.2) is 0 Å². The molecule has 1 aromatic rings. The Morgan fingerprint density at radius 2 is 2.14 bits per heavy atom. The van der Waals surface area contributed by atoms with Gasteiger partial charge in [-0.3, -0.25) is 0 Å². The van der Waals surface area contributed by atoms with E-state index in [1.54, 1.807) is 5.56 Å². The lowest BCUT2D eigenvalue weighted by Gasteiger charge is -2.26. The van der Waals surface area contributed by atoms with E-state index in [1.165, 1.54) is 6.04 Å². The second kappa shape index (κ2) is 5.06. The van der Waals surface area contributed by atoms with Crippen LogP contribution in [0.4, 0.5) is 0 Å². The molecule has 0 bridgehead atoms. The van der Waals surface area contributed by atoms with E-state index in [4.69, 9.17) is 4.43 Å². The zero-order valence-electron chi connectivity index (χ0n) is 8.78. The van der Waals surface area contributed by atoms with E-state index in [0.717, 1.165) is 12.1 Å². The number of rotatable bonds is 2. The Morgan fingerprint density at radius 3 is 2.79 bits per heavy atom. The van der Waals surface area contributed by atoms with Crippen molar-refractivity contribution in [2.75, 3.05) is 6.61 Å². The molecule has 2 atom stereocenters. The maximum atomic E-state index is 5.62. The molecule has 4 heteroatoms. The summed E-state index contributed by atoms with van der Waals surface area (Å²) in [6, 6.07) is 12.5. The summed E-state index contributed by atoms with van der Waals surface area (Å²) in [5, 5.41) is 0. The molecule has 2 unspecified atom stereocenters. The standard InChI is InChI=1S/C10H18OSi3/c1-9(10-5-3-2-4-6-10)14-8-7-11-12-13-14/h2-6,9,14H,7-8,12-13H2,1H3. The van der Waals surface area contributed by atoms with Crippen molar-refractivity contribution in [3.05, 3.63) is 35.9 Å². The third-order valence-corrected chi connectivity index (χ3v) is 23.6. The van der Waals surface area contributed by atoms with Gasteiger partial charge in [0.2, 0.25) is 0 Å². The normalized spacial score (nSPS) is 27.9. The minimum Gasteiger partial charge on any atom is -0.428 e. The SMILES string of the molecule is CC(c1ccccc1)[SiH]1CCO[SiH2][SiH2]1. The average molecular weight is 239 g/mol. The molecule has 0 aromatic heterocycles. The summed E-state index contributed by atoms with van der Waals surface area (Å²) in [7, 11) is -0.0706. The lowest BCUT2D eigenvalue weighted by molar-refractivity contribution is 0.366. The first-order valence-electron chi connectivity index (χ1n) is 5.50. The molecule has 1 fully saturated rings. The Hall–Kier alpha value is -0.169. The summed E-state index contributed by atoms with van der Waals surface area (Å²) in [6.45, 7) is 3.56. The van der Waals surface area contributed by atoms with Crippen LogP contribution in [-0.4, -0.2) is 32.8 Å². The second-order valence-corrected chi connectivity index (χ2v) is 19.9. The van der Waals surface area contributed by atoms with Crippen LogP contribution in [0.25, 0.3) is 0 Å². The van der Waals surface area contributed by atoms with E-state index in [0.29, 0.717) is 0 Å². The van der Waals surface area contributed by atoms with Crippen molar-refractivity contribution in [2.45, 2.75) is 18.5 Å². The van der Waals surface area contributed by atoms with Crippen LogP contribution < -0.4 is 0 Å². The Kier molecular flexibility index (Phi) is 3.74. The van der Waals surface area contributed by atoms with Crippen molar-refractivity contribution in [3.63, 3.8) is 0 Å². The molecule has 1 aromatic carbocycles. The maximum Gasteiger partial charge on any atom is 0.140 e. The smallest absolute Gasteiger partial charge is 0.140 e. The number of hydrogen-bond donors (Lipinski definition) is 0. The molecular formula is C10H18OSi3. The van der Waals surface area contributed by atoms with Crippen molar-refractivity contribution in [1.29, 1.82) is 0 Å². The van der Waals surface area contributed by atoms with Gasteiger partial charge >= 0.3 is 0 Å². The highest BCUT2D eigenvalue weighted by atomic mass is 29.5. The van der Waals surface area contributed by atoms with Gasteiger partial charge in [0.05, 0.1) is 0 Å². The zero-order valence-corrected chi connectivity index (χ0v) is 12.8. The summed E-state index contributed by atoms with van der Waals surface area (Å²) in [6.07, 6.45) is 0. The second-order valence-electron chi connectivity index (χ2n) is 4.15. The van der Waals surface area contributed by atoms with Crippen molar-refractivity contribution in [1.82, 2.24) is 0 Å². The predicted molar refractivity (Wildman–Crippen MR) is 69.9 cm³/mol. The summed E-state index contributed by atoms with van der Waals surface area (Å²) in [5.74, 6) is 0. The van der Waals surface area contributed by atoms with Crippen LogP contribution in [0.1, 0.15) is 18.0 Å². The highest BCUT2D eigenvalue weighted by Crippen LogP contribution is 2.20. The molecule has 0 radical (unpaired) electrons. The monoisotopic (exact) mass is 238 g/mol. The largest absolute Gasteiger partial charge is 0.428 e. The van der Waals surface area contributed by atoms with Crippen molar-refractivity contribution in [2.24, 2.45) is 0 Å². The molecule has 0 saturated carbocycles. The Bertz CT molecular complexity index is 272. The minimum atomic E-state index is -0.371. The third-order valence-electron chi connectivity index (χ3n) is 3.30. The summed E-state index contributed by atoms with van der Waals surface area (Å²) in [4.78, 5) is 0. The molecule has 0 amide bonds. The fourth-order valence-electron chi connectivity index (χ4n) is 2.24. The van der Waals surface area contributed by atoms with Crippen LogP contribution in [0, 0.1) is 0 Å². The fourth-order valence-corrected chi connectivity index (χ4v) is 23.0. The van der Waals surface area contributed by atoms with Crippen LogP contribution in [-0.2, 0) is 4.43 Å². The molecule has 0 spiro atoms.